The van der Waals surface area contributed by atoms with Crippen molar-refractivity contribution in [2.75, 3.05) is 6.54 Å². The number of ketones is 1. The van der Waals surface area contributed by atoms with E-state index in [4.69, 9.17) is 12.2 Å². The van der Waals surface area contributed by atoms with Gasteiger partial charge in [0, 0.05) is 18.2 Å². The summed E-state index contributed by atoms with van der Waals surface area (Å²) in [6.45, 7) is 3.69. The van der Waals surface area contributed by atoms with Crippen molar-refractivity contribution >= 4 is 34.9 Å². The molecule has 0 spiro atoms. The molecule has 1 N–H and O–H groups in total. The molecule has 1 fully saturated rings. The van der Waals surface area contributed by atoms with Gasteiger partial charge in [0.1, 0.15) is 5.57 Å². The molecule has 1 saturated heterocycles. The van der Waals surface area contributed by atoms with Crippen LogP contribution in [0.25, 0.3) is 0 Å². The number of benzene rings is 1. The number of carbonyl (C=O) groups excluding carboxylic acids is 3. The Morgan fingerprint density at radius 3 is 2.57 bits per heavy atom. The van der Waals surface area contributed by atoms with Crippen LogP contribution in [0.1, 0.15) is 10.4 Å². The molecule has 0 saturated carbocycles. The first-order valence-corrected chi connectivity index (χ1v) is 6.54. The maximum atomic E-state index is 12.2. The monoisotopic (exact) mass is 300 g/mol. The van der Waals surface area contributed by atoms with Gasteiger partial charge in [0.15, 0.2) is 10.9 Å². The first-order chi connectivity index (χ1) is 10.0. The number of hydrogen-bond donors (Lipinski definition) is 1. The van der Waals surface area contributed by atoms with Gasteiger partial charge in [-0.2, -0.15) is 0 Å². The summed E-state index contributed by atoms with van der Waals surface area (Å²) in [5, 5.41) is 2.39. The lowest BCUT2D eigenvalue weighted by Gasteiger charge is -2.27. The van der Waals surface area contributed by atoms with Gasteiger partial charge in [-0.3, -0.25) is 24.6 Å². The van der Waals surface area contributed by atoms with Gasteiger partial charge < -0.3 is 0 Å². The van der Waals surface area contributed by atoms with Crippen LogP contribution in [0.4, 0.5) is 0 Å². The largest absolute Gasteiger partial charge is 0.298 e. The highest BCUT2D eigenvalue weighted by atomic mass is 32.1. The predicted octanol–water partition coefficient (Wildman–Crippen LogP) is 1.23. The average Bonchev–Trinajstić information content (AvgIpc) is 2.48. The topological polar surface area (TPSA) is 66.5 Å². The van der Waals surface area contributed by atoms with Crippen molar-refractivity contribution in [2.45, 2.75) is 0 Å². The second-order valence-electron chi connectivity index (χ2n) is 4.25. The molecule has 0 bridgehead atoms. The van der Waals surface area contributed by atoms with Gasteiger partial charge in [-0.15, -0.1) is 6.58 Å². The van der Waals surface area contributed by atoms with Gasteiger partial charge in [-0.25, -0.2) is 0 Å². The molecule has 106 valence electrons. The maximum Gasteiger partial charge on any atom is 0.266 e. The van der Waals surface area contributed by atoms with Crippen LogP contribution in [0, 0.1) is 0 Å². The zero-order valence-corrected chi connectivity index (χ0v) is 11.9. The third-order valence-corrected chi connectivity index (χ3v) is 3.15. The van der Waals surface area contributed by atoms with Crippen molar-refractivity contribution in [3.63, 3.8) is 0 Å². The number of hydrogen-bond acceptors (Lipinski definition) is 4. The van der Waals surface area contributed by atoms with Crippen LogP contribution in [-0.2, 0) is 9.59 Å². The Bertz CT molecular complexity index is 665. The molecule has 6 heteroatoms. The Kier molecular flexibility index (Phi) is 4.39. The maximum absolute atomic E-state index is 12.2. The van der Waals surface area contributed by atoms with Crippen molar-refractivity contribution in [2.24, 2.45) is 0 Å². The second-order valence-corrected chi connectivity index (χ2v) is 4.64. The van der Waals surface area contributed by atoms with Gasteiger partial charge >= 0.3 is 0 Å². The van der Waals surface area contributed by atoms with Crippen LogP contribution < -0.4 is 5.32 Å². The van der Waals surface area contributed by atoms with Gasteiger partial charge in [0.2, 0.25) is 0 Å². The quantitative estimate of drug-likeness (QED) is 0.298. The third-order valence-electron chi connectivity index (χ3n) is 2.83. The minimum absolute atomic E-state index is 0.00853. The van der Waals surface area contributed by atoms with E-state index in [1.165, 1.54) is 11.0 Å². The van der Waals surface area contributed by atoms with Gasteiger partial charge in [-0.1, -0.05) is 36.4 Å². The lowest BCUT2D eigenvalue weighted by atomic mass is 10.1. The molecule has 2 amide bonds. The summed E-state index contributed by atoms with van der Waals surface area (Å²) < 4.78 is 0. The van der Waals surface area contributed by atoms with Crippen LogP contribution in [0.2, 0.25) is 0 Å². The molecule has 1 aromatic rings. The van der Waals surface area contributed by atoms with E-state index in [0.717, 1.165) is 6.08 Å². The standard InChI is InChI=1S/C15H12N2O3S/c1-2-8-17-14(20)11(13(19)16-15(17)21)9-12(18)10-6-4-3-5-7-10/h2-7,9H,1,8H2,(H,16,19,21). The van der Waals surface area contributed by atoms with Crippen molar-refractivity contribution in [1.29, 1.82) is 0 Å². The van der Waals surface area contributed by atoms with E-state index in [1.807, 2.05) is 0 Å². The van der Waals surface area contributed by atoms with Crippen LogP contribution in [0.5, 0.6) is 0 Å². The van der Waals surface area contributed by atoms with Crippen LogP contribution in [-0.4, -0.2) is 34.2 Å². The SMILES string of the molecule is C=CCN1C(=O)C(=CC(=O)c2ccccc2)C(=O)NC1=S. The van der Waals surface area contributed by atoms with Crippen LogP contribution >= 0.6 is 12.2 Å². The molecule has 1 aliphatic rings. The first kappa shape index (κ1) is 14.8. The second kappa shape index (κ2) is 6.23. The molecular formula is C15H12N2O3S. The molecule has 0 aromatic heterocycles. The number of allylic oxidation sites excluding steroid dienone is 1. The minimum atomic E-state index is -0.672. The van der Waals surface area contributed by atoms with Crippen molar-refractivity contribution in [3.05, 3.63) is 60.2 Å². The molecular weight excluding hydrogens is 288 g/mol. The Morgan fingerprint density at radius 2 is 1.95 bits per heavy atom. The third kappa shape index (κ3) is 3.11. The first-order valence-electron chi connectivity index (χ1n) is 6.13. The summed E-state index contributed by atoms with van der Waals surface area (Å²) in [6, 6.07) is 8.39. The molecule has 0 unspecified atom stereocenters. The summed E-state index contributed by atoms with van der Waals surface area (Å²) in [5.74, 6) is -1.69. The van der Waals surface area contributed by atoms with Crippen molar-refractivity contribution < 1.29 is 14.4 Å². The number of carbonyl (C=O) groups is 3. The zero-order valence-electron chi connectivity index (χ0n) is 11.0. The molecule has 1 heterocycles. The Morgan fingerprint density at radius 1 is 1.29 bits per heavy atom. The molecule has 1 aliphatic heterocycles. The van der Waals surface area contributed by atoms with E-state index in [0.29, 0.717) is 5.56 Å². The molecule has 0 radical (unpaired) electrons. The lowest BCUT2D eigenvalue weighted by Crippen LogP contribution is -2.54. The molecule has 2 rings (SSSR count). The van der Waals surface area contributed by atoms with Crippen molar-refractivity contribution in [1.82, 2.24) is 10.2 Å². The summed E-state index contributed by atoms with van der Waals surface area (Å²) in [4.78, 5) is 37.3. The number of rotatable bonds is 4. The normalized spacial score (nSPS) is 16.9. The zero-order chi connectivity index (χ0) is 15.4. The van der Waals surface area contributed by atoms with Crippen LogP contribution in [0.3, 0.4) is 0 Å². The summed E-state index contributed by atoms with van der Waals surface area (Å²) >= 11 is 4.92. The Labute approximate surface area is 126 Å². The van der Waals surface area contributed by atoms with Gasteiger partial charge in [-0.05, 0) is 12.2 Å². The number of nitrogens with zero attached hydrogens (tertiary/aromatic N) is 1. The van der Waals surface area contributed by atoms with Gasteiger partial charge in [0.25, 0.3) is 11.8 Å². The smallest absolute Gasteiger partial charge is 0.266 e. The number of amides is 2. The fourth-order valence-corrected chi connectivity index (χ4v) is 2.06. The molecule has 21 heavy (non-hydrogen) atoms. The highest BCUT2D eigenvalue weighted by molar-refractivity contribution is 7.80. The highest BCUT2D eigenvalue weighted by Gasteiger charge is 2.33. The molecule has 0 aliphatic carbocycles. The van der Waals surface area contributed by atoms with Crippen molar-refractivity contribution in [3.8, 4) is 0 Å². The van der Waals surface area contributed by atoms with E-state index in [1.54, 1.807) is 30.3 Å². The minimum Gasteiger partial charge on any atom is -0.298 e. The molecule has 0 atom stereocenters. The Hall–Kier alpha value is -2.60. The summed E-state index contributed by atoms with van der Waals surface area (Å²) in [5.41, 5.74) is 0.160. The lowest BCUT2D eigenvalue weighted by molar-refractivity contribution is -0.128. The van der Waals surface area contributed by atoms with E-state index in [9.17, 15) is 14.4 Å². The molecule has 5 nitrogen and oxygen atoms in total. The average molecular weight is 300 g/mol. The summed E-state index contributed by atoms with van der Waals surface area (Å²) in [7, 11) is 0. The fourth-order valence-electron chi connectivity index (χ4n) is 1.81. The number of thiocarbonyl (C=S) groups is 1. The van der Waals surface area contributed by atoms with E-state index >= 15 is 0 Å². The predicted molar refractivity (Wildman–Crippen MR) is 81.5 cm³/mol. The van der Waals surface area contributed by atoms with Gasteiger partial charge in [0.05, 0.1) is 0 Å². The van der Waals surface area contributed by atoms with E-state index < -0.39 is 17.6 Å². The fraction of sp³-hybridized carbons (Fsp3) is 0.0667. The Balaban J connectivity index is 2.32. The molecule has 1 aromatic carbocycles. The van der Waals surface area contributed by atoms with E-state index in [-0.39, 0.29) is 17.2 Å². The van der Waals surface area contributed by atoms with E-state index in [2.05, 4.69) is 11.9 Å². The number of nitrogens with one attached hydrogen (secondary N) is 1. The van der Waals surface area contributed by atoms with Crippen LogP contribution in [0.15, 0.2) is 54.6 Å². The highest BCUT2D eigenvalue weighted by Crippen LogP contribution is 2.12. The summed E-state index contributed by atoms with van der Waals surface area (Å²) in [6.07, 6.45) is 2.52.